The monoisotopic (exact) mass is 275 g/mol. The van der Waals surface area contributed by atoms with Gasteiger partial charge in [-0.1, -0.05) is 5.21 Å². The van der Waals surface area contributed by atoms with Crippen LogP contribution in [0.5, 0.6) is 0 Å². The number of hydrogen-bond donors (Lipinski definition) is 1. The van der Waals surface area contributed by atoms with Crippen LogP contribution in [-0.2, 0) is 16.8 Å². The third-order valence-electron chi connectivity index (χ3n) is 5.63. The molecule has 0 amide bonds. The van der Waals surface area contributed by atoms with Gasteiger partial charge in [-0.3, -0.25) is 4.79 Å². The van der Waals surface area contributed by atoms with Crippen LogP contribution >= 0.6 is 0 Å². The predicted molar refractivity (Wildman–Crippen MR) is 72.1 cm³/mol. The molecule has 0 aliphatic heterocycles. The smallest absolute Gasteiger partial charge is 0.303 e. The minimum atomic E-state index is -0.769. The molecule has 5 heteroatoms. The topological polar surface area (TPSA) is 68.0 Å². The maximum atomic E-state index is 10.6. The third-order valence-corrected chi connectivity index (χ3v) is 5.63. The number of aromatic nitrogens is 3. The molecule has 1 heterocycles. The fourth-order valence-electron chi connectivity index (χ4n) is 5.23. The Labute approximate surface area is 118 Å². The first-order chi connectivity index (χ1) is 9.63. The lowest BCUT2D eigenvalue weighted by atomic mass is 9.53. The molecule has 4 aliphatic carbocycles. The highest BCUT2D eigenvalue weighted by Gasteiger charge is 2.52. The van der Waals surface area contributed by atoms with Crippen LogP contribution in [0.2, 0.25) is 0 Å². The highest BCUT2D eigenvalue weighted by Crippen LogP contribution is 2.58. The Morgan fingerprint density at radius 3 is 2.40 bits per heavy atom. The van der Waals surface area contributed by atoms with Gasteiger partial charge in [0.15, 0.2) is 0 Å². The van der Waals surface area contributed by atoms with Gasteiger partial charge in [-0.15, -0.1) is 5.10 Å². The molecular formula is C15H21N3O2. The number of hydrogen-bond acceptors (Lipinski definition) is 3. The Bertz CT molecular complexity index is 502. The minimum absolute atomic E-state index is 0.138. The van der Waals surface area contributed by atoms with E-state index >= 15 is 0 Å². The summed E-state index contributed by atoms with van der Waals surface area (Å²) in [5.41, 5.74) is 1.02. The number of aliphatic carboxylic acids is 1. The van der Waals surface area contributed by atoms with Crippen LogP contribution in [0.4, 0.5) is 0 Å². The van der Waals surface area contributed by atoms with E-state index in [-0.39, 0.29) is 12.0 Å². The minimum Gasteiger partial charge on any atom is -0.481 e. The fourth-order valence-corrected chi connectivity index (χ4v) is 5.23. The summed E-state index contributed by atoms with van der Waals surface area (Å²) in [5, 5.41) is 17.3. The number of carboxylic acids is 1. The van der Waals surface area contributed by atoms with Gasteiger partial charge >= 0.3 is 5.97 Å². The fraction of sp³-hybridized carbons (Fsp3) is 0.800. The van der Waals surface area contributed by atoms with Crippen molar-refractivity contribution in [1.82, 2.24) is 15.0 Å². The summed E-state index contributed by atoms with van der Waals surface area (Å²) >= 11 is 0. The number of aryl methyl sites for hydroxylation is 1. The molecule has 0 radical (unpaired) electrons. The number of carbonyl (C=O) groups is 1. The van der Waals surface area contributed by atoms with Crippen molar-refractivity contribution in [1.29, 1.82) is 0 Å². The summed E-state index contributed by atoms with van der Waals surface area (Å²) in [4.78, 5) is 10.6. The predicted octanol–water partition coefficient (Wildman–Crippen LogP) is 2.22. The molecular weight excluding hydrogens is 254 g/mol. The molecule has 0 aromatic carbocycles. The van der Waals surface area contributed by atoms with Gasteiger partial charge in [-0.05, 0) is 56.3 Å². The summed E-state index contributed by atoms with van der Waals surface area (Å²) < 4.78 is 2.09. The lowest BCUT2D eigenvalue weighted by molar-refractivity contribution is -0.136. The molecule has 4 fully saturated rings. The zero-order valence-corrected chi connectivity index (χ0v) is 11.7. The summed E-state index contributed by atoms with van der Waals surface area (Å²) in [6, 6.07) is 0. The summed E-state index contributed by atoms with van der Waals surface area (Å²) in [6.45, 7) is 0. The van der Waals surface area contributed by atoms with E-state index in [9.17, 15) is 4.79 Å². The lowest BCUT2D eigenvalue weighted by Gasteiger charge is -2.56. The van der Waals surface area contributed by atoms with E-state index in [1.165, 1.54) is 38.5 Å². The molecule has 1 N–H and O–H groups in total. The lowest BCUT2D eigenvalue weighted by Crippen LogP contribution is -2.52. The molecule has 1 aromatic heterocycles. The van der Waals surface area contributed by atoms with Crippen LogP contribution in [0, 0.1) is 17.8 Å². The number of rotatable bonds is 4. The Morgan fingerprint density at radius 2 is 1.85 bits per heavy atom. The molecule has 0 unspecified atom stereocenters. The summed E-state index contributed by atoms with van der Waals surface area (Å²) in [7, 11) is 0. The van der Waals surface area contributed by atoms with Crippen molar-refractivity contribution in [2.24, 2.45) is 17.8 Å². The van der Waals surface area contributed by atoms with Gasteiger partial charge in [-0.2, -0.15) is 0 Å². The largest absolute Gasteiger partial charge is 0.481 e. The Hall–Kier alpha value is -1.39. The molecule has 0 atom stereocenters. The Kier molecular flexibility index (Phi) is 2.66. The van der Waals surface area contributed by atoms with Crippen LogP contribution < -0.4 is 0 Å². The molecule has 1 aromatic rings. The van der Waals surface area contributed by atoms with Crippen molar-refractivity contribution in [2.45, 2.75) is 56.9 Å². The maximum Gasteiger partial charge on any atom is 0.303 e. The number of nitrogens with zero attached hydrogens (tertiary/aromatic N) is 3. The molecule has 5 rings (SSSR count). The van der Waals surface area contributed by atoms with Gasteiger partial charge < -0.3 is 5.11 Å². The second-order valence-electron chi connectivity index (χ2n) is 7.19. The van der Waals surface area contributed by atoms with Crippen molar-refractivity contribution < 1.29 is 9.90 Å². The van der Waals surface area contributed by atoms with E-state index in [4.69, 9.17) is 5.11 Å². The standard InChI is InChI=1S/C15H21N3O2/c19-14(20)2-1-13-9-18(17-16-13)15-6-10-3-11(7-15)5-12(4-10)8-15/h9-12H,1-8H2,(H,19,20). The van der Waals surface area contributed by atoms with Gasteiger partial charge in [0.25, 0.3) is 0 Å². The second-order valence-corrected chi connectivity index (χ2v) is 7.19. The van der Waals surface area contributed by atoms with E-state index in [2.05, 4.69) is 15.0 Å². The van der Waals surface area contributed by atoms with Crippen molar-refractivity contribution in [2.75, 3.05) is 0 Å². The van der Waals surface area contributed by atoms with Gasteiger partial charge in [0, 0.05) is 12.6 Å². The maximum absolute atomic E-state index is 10.6. The summed E-state index contributed by atoms with van der Waals surface area (Å²) in [6.07, 6.45) is 10.6. The highest BCUT2D eigenvalue weighted by molar-refractivity contribution is 5.66. The highest BCUT2D eigenvalue weighted by atomic mass is 16.4. The van der Waals surface area contributed by atoms with E-state index in [1.54, 1.807) is 0 Å². The molecule has 0 spiro atoms. The SMILES string of the molecule is O=C(O)CCc1cn(C23CC4CC(CC(C4)C2)C3)nn1. The molecule has 0 saturated heterocycles. The van der Waals surface area contributed by atoms with Crippen LogP contribution in [0.25, 0.3) is 0 Å². The Balaban J connectivity index is 1.56. The normalized spacial score (nSPS) is 38.3. The van der Waals surface area contributed by atoms with Crippen LogP contribution in [0.3, 0.4) is 0 Å². The molecule has 108 valence electrons. The quantitative estimate of drug-likeness (QED) is 0.915. The molecule has 20 heavy (non-hydrogen) atoms. The van der Waals surface area contributed by atoms with Crippen molar-refractivity contribution in [3.05, 3.63) is 11.9 Å². The average molecular weight is 275 g/mol. The average Bonchev–Trinajstić information content (AvgIpc) is 2.84. The van der Waals surface area contributed by atoms with Crippen molar-refractivity contribution in [3.8, 4) is 0 Å². The van der Waals surface area contributed by atoms with Gasteiger partial charge in [0.1, 0.15) is 0 Å². The molecule has 4 saturated carbocycles. The zero-order chi connectivity index (χ0) is 13.7. The zero-order valence-electron chi connectivity index (χ0n) is 11.7. The molecule has 5 nitrogen and oxygen atoms in total. The van der Waals surface area contributed by atoms with Crippen LogP contribution in [-0.4, -0.2) is 26.1 Å². The second kappa shape index (κ2) is 4.30. The first kappa shape index (κ1) is 12.4. The van der Waals surface area contributed by atoms with Crippen LogP contribution in [0.15, 0.2) is 6.20 Å². The van der Waals surface area contributed by atoms with E-state index in [1.807, 2.05) is 6.20 Å². The summed E-state index contributed by atoms with van der Waals surface area (Å²) in [5.74, 6) is 1.88. The van der Waals surface area contributed by atoms with Gasteiger partial charge in [0.05, 0.1) is 17.7 Å². The van der Waals surface area contributed by atoms with Gasteiger partial charge in [0.2, 0.25) is 0 Å². The molecule has 4 bridgehead atoms. The van der Waals surface area contributed by atoms with Crippen molar-refractivity contribution in [3.63, 3.8) is 0 Å². The molecule has 4 aliphatic rings. The first-order valence-corrected chi connectivity index (χ1v) is 7.76. The first-order valence-electron chi connectivity index (χ1n) is 7.76. The van der Waals surface area contributed by atoms with Crippen LogP contribution in [0.1, 0.15) is 50.6 Å². The number of carboxylic acid groups (broad SMARTS) is 1. The van der Waals surface area contributed by atoms with E-state index in [0.29, 0.717) is 6.42 Å². The van der Waals surface area contributed by atoms with Gasteiger partial charge in [-0.25, -0.2) is 4.68 Å². The van der Waals surface area contributed by atoms with E-state index < -0.39 is 5.97 Å². The van der Waals surface area contributed by atoms with E-state index in [0.717, 1.165) is 23.4 Å². The van der Waals surface area contributed by atoms with Crippen molar-refractivity contribution >= 4 is 5.97 Å². The Morgan fingerprint density at radius 1 is 1.25 bits per heavy atom. The third kappa shape index (κ3) is 1.95.